The molecule has 4 fully saturated rings. The van der Waals surface area contributed by atoms with Crippen molar-refractivity contribution in [2.75, 3.05) is 56.7 Å². The number of thioether (sulfide) groups is 2. The van der Waals surface area contributed by atoms with E-state index >= 15 is 0 Å². The number of hydrogen-bond acceptors (Lipinski definition) is 4. The van der Waals surface area contributed by atoms with Crippen molar-refractivity contribution in [2.45, 2.75) is 46.6 Å². The molecule has 0 amide bonds. The minimum atomic E-state index is 0.925. The van der Waals surface area contributed by atoms with Crippen LogP contribution in [0.5, 0.6) is 0 Å². The Hall–Kier alpha value is 0.620. The predicted molar refractivity (Wildman–Crippen MR) is 111 cm³/mol. The average Bonchev–Trinajstić information content (AvgIpc) is 2.83. The fourth-order valence-corrected chi connectivity index (χ4v) is 6.76. The molecular formula is C19H40N2S2. The van der Waals surface area contributed by atoms with E-state index in [-0.39, 0.29) is 0 Å². The van der Waals surface area contributed by atoms with Crippen LogP contribution in [0, 0.1) is 17.8 Å². The topological polar surface area (TPSA) is 6.48 Å². The summed E-state index contributed by atoms with van der Waals surface area (Å²) in [6.45, 7) is 12.1. The molecule has 2 nitrogen and oxygen atoms in total. The molecule has 0 N–H and O–H groups in total. The quantitative estimate of drug-likeness (QED) is 0.631. The van der Waals surface area contributed by atoms with Crippen LogP contribution in [-0.4, -0.2) is 72.6 Å². The van der Waals surface area contributed by atoms with Gasteiger partial charge in [-0.3, -0.25) is 0 Å². The normalized spacial score (nSPS) is 35.7. The standard InChI is InChI=1S/C8H15NS.C7H13NS.2C2H6/c1-9-3-7-2-8(4-9)6-10-5-7;1-8-3-6-2-7(8)5-9-4-6;2*1-2/h7-8H,2-6H2,1H3;6-7H,2-5H2,1H3;2*1-2H3. The number of fused-ring (bicyclic) bond motifs is 4. The van der Waals surface area contributed by atoms with Gasteiger partial charge in [-0.25, -0.2) is 0 Å². The molecule has 0 aliphatic carbocycles. The van der Waals surface area contributed by atoms with Crippen molar-refractivity contribution in [3.63, 3.8) is 0 Å². The zero-order valence-electron chi connectivity index (χ0n) is 16.4. The van der Waals surface area contributed by atoms with Crippen LogP contribution in [0.25, 0.3) is 0 Å². The van der Waals surface area contributed by atoms with Gasteiger partial charge < -0.3 is 9.80 Å². The summed E-state index contributed by atoms with van der Waals surface area (Å²) in [6, 6.07) is 0.925. The van der Waals surface area contributed by atoms with Gasteiger partial charge >= 0.3 is 0 Å². The van der Waals surface area contributed by atoms with Gasteiger partial charge in [0.15, 0.2) is 0 Å². The highest BCUT2D eigenvalue weighted by molar-refractivity contribution is 7.99. The number of rotatable bonds is 0. The van der Waals surface area contributed by atoms with E-state index in [9.17, 15) is 0 Å². The molecule has 4 saturated heterocycles. The lowest BCUT2D eigenvalue weighted by molar-refractivity contribution is 0.170. The van der Waals surface area contributed by atoms with Crippen molar-refractivity contribution in [2.24, 2.45) is 17.8 Å². The van der Waals surface area contributed by atoms with Crippen molar-refractivity contribution in [1.82, 2.24) is 9.80 Å². The molecule has 4 atom stereocenters. The van der Waals surface area contributed by atoms with E-state index < -0.39 is 0 Å². The molecular weight excluding hydrogens is 320 g/mol. The van der Waals surface area contributed by atoms with Crippen molar-refractivity contribution in [1.29, 1.82) is 0 Å². The number of hydrogen-bond donors (Lipinski definition) is 0. The first-order valence-corrected chi connectivity index (χ1v) is 12.1. The molecule has 4 rings (SSSR count). The van der Waals surface area contributed by atoms with Crippen LogP contribution in [0.15, 0.2) is 0 Å². The summed E-state index contributed by atoms with van der Waals surface area (Å²) in [5, 5.41) is 0. The molecule has 138 valence electrons. The Labute approximate surface area is 154 Å². The third kappa shape index (κ3) is 7.17. The number of nitrogens with zero attached hydrogens (tertiary/aromatic N) is 2. The van der Waals surface area contributed by atoms with Crippen LogP contribution >= 0.6 is 23.5 Å². The second-order valence-corrected chi connectivity index (χ2v) is 9.11. The molecule has 0 aromatic carbocycles. The minimum Gasteiger partial charge on any atom is -0.306 e. The molecule has 4 heteroatoms. The fraction of sp³-hybridized carbons (Fsp3) is 1.00. The lowest BCUT2D eigenvalue weighted by atomic mass is 9.91. The Bertz CT molecular complexity index is 283. The molecule has 4 heterocycles. The zero-order chi connectivity index (χ0) is 17.2. The van der Waals surface area contributed by atoms with Gasteiger partial charge in [-0.2, -0.15) is 23.5 Å². The summed E-state index contributed by atoms with van der Waals surface area (Å²) < 4.78 is 0. The first kappa shape index (κ1) is 21.7. The summed E-state index contributed by atoms with van der Waals surface area (Å²) in [6.07, 6.45) is 2.99. The van der Waals surface area contributed by atoms with Gasteiger partial charge in [-0.15, -0.1) is 0 Å². The zero-order valence-corrected chi connectivity index (χ0v) is 18.0. The molecule has 4 aliphatic heterocycles. The van der Waals surface area contributed by atoms with Crippen molar-refractivity contribution in [3.8, 4) is 0 Å². The van der Waals surface area contributed by atoms with E-state index in [1.54, 1.807) is 0 Å². The highest BCUT2D eigenvalue weighted by atomic mass is 32.2. The first-order valence-electron chi connectivity index (χ1n) is 9.75. The third-order valence-corrected chi connectivity index (χ3v) is 7.69. The summed E-state index contributed by atoms with van der Waals surface area (Å²) in [5.74, 6) is 8.69. The van der Waals surface area contributed by atoms with Crippen LogP contribution in [0.2, 0.25) is 0 Å². The maximum Gasteiger partial charge on any atom is 0.0186 e. The van der Waals surface area contributed by atoms with E-state index in [2.05, 4.69) is 47.4 Å². The van der Waals surface area contributed by atoms with Crippen LogP contribution in [0.4, 0.5) is 0 Å². The third-order valence-electron chi connectivity index (χ3n) is 4.95. The molecule has 0 aromatic rings. The highest BCUT2D eigenvalue weighted by Gasteiger charge is 2.32. The number of likely N-dealkylation sites (tertiary alicyclic amines) is 2. The Balaban J connectivity index is 0.000000190. The molecule has 4 bridgehead atoms. The molecule has 23 heavy (non-hydrogen) atoms. The van der Waals surface area contributed by atoms with Gasteiger partial charge in [-0.1, -0.05) is 27.7 Å². The van der Waals surface area contributed by atoms with Gasteiger partial charge in [0.05, 0.1) is 0 Å². The van der Waals surface area contributed by atoms with E-state index in [4.69, 9.17) is 0 Å². The summed E-state index contributed by atoms with van der Waals surface area (Å²) in [4.78, 5) is 5.02. The lowest BCUT2D eigenvalue weighted by Crippen LogP contribution is -2.42. The highest BCUT2D eigenvalue weighted by Crippen LogP contribution is 2.33. The van der Waals surface area contributed by atoms with Crippen LogP contribution in [0.1, 0.15) is 40.5 Å². The Morgan fingerprint density at radius 3 is 1.61 bits per heavy atom. The molecule has 0 spiro atoms. The van der Waals surface area contributed by atoms with Gasteiger partial charge in [0.1, 0.15) is 0 Å². The SMILES string of the molecule is CC.CC.CN1CC2CSCC(C2)C1.CN1CC2CSCC1C2. The van der Waals surface area contributed by atoms with Crippen molar-refractivity contribution in [3.05, 3.63) is 0 Å². The van der Waals surface area contributed by atoms with E-state index in [0.717, 1.165) is 23.8 Å². The first-order chi connectivity index (χ1) is 11.2. The van der Waals surface area contributed by atoms with Gasteiger partial charge in [0.25, 0.3) is 0 Å². The summed E-state index contributed by atoms with van der Waals surface area (Å²) in [5.41, 5.74) is 0. The van der Waals surface area contributed by atoms with Crippen molar-refractivity contribution >= 4 is 23.5 Å². The van der Waals surface area contributed by atoms with E-state index in [0.29, 0.717) is 0 Å². The minimum absolute atomic E-state index is 0.925. The van der Waals surface area contributed by atoms with Crippen LogP contribution < -0.4 is 0 Å². The Morgan fingerprint density at radius 2 is 1.13 bits per heavy atom. The maximum absolute atomic E-state index is 2.52. The number of piperidine rings is 1. The Morgan fingerprint density at radius 1 is 0.652 bits per heavy atom. The van der Waals surface area contributed by atoms with Crippen LogP contribution in [-0.2, 0) is 0 Å². The molecule has 0 radical (unpaired) electrons. The average molecular weight is 361 g/mol. The molecule has 0 aromatic heterocycles. The van der Waals surface area contributed by atoms with Crippen molar-refractivity contribution < 1.29 is 0 Å². The smallest absolute Gasteiger partial charge is 0.0186 e. The maximum atomic E-state index is 2.52. The van der Waals surface area contributed by atoms with Crippen LogP contribution in [0.3, 0.4) is 0 Å². The predicted octanol–water partition coefficient (Wildman–Crippen LogP) is 4.41. The summed E-state index contributed by atoms with van der Waals surface area (Å²) in [7, 11) is 4.52. The lowest BCUT2D eigenvalue weighted by Gasteiger charge is -2.39. The molecule has 4 unspecified atom stereocenters. The monoisotopic (exact) mass is 360 g/mol. The van der Waals surface area contributed by atoms with E-state index in [1.165, 1.54) is 55.5 Å². The Kier molecular flexibility index (Phi) is 11.4. The fourth-order valence-electron chi connectivity index (χ4n) is 4.10. The summed E-state index contributed by atoms with van der Waals surface area (Å²) >= 11 is 4.30. The molecule has 0 saturated carbocycles. The van der Waals surface area contributed by atoms with Gasteiger partial charge in [0.2, 0.25) is 0 Å². The molecule has 4 aliphatic rings. The van der Waals surface area contributed by atoms with Gasteiger partial charge in [0, 0.05) is 31.4 Å². The largest absolute Gasteiger partial charge is 0.306 e. The second-order valence-electron chi connectivity index (χ2n) is 6.96. The van der Waals surface area contributed by atoms with E-state index in [1.807, 2.05) is 27.7 Å². The van der Waals surface area contributed by atoms with Gasteiger partial charge in [-0.05, 0) is 61.9 Å². The second kappa shape index (κ2) is 12.1.